The Bertz CT molecular complexity index is 2020. The van der Waals surface area contributed by atoms with Gasteiger partial charge in [-0.3, -0.25) is 19.2 Å². The highest BCUT2D eigenvalue weighted by molar-refractivity contribution is 6.39. The number of carbonyl (C=O) groups excluding carboxylic acids is 5. The van der Waals surface area contributed by atoms with Crippen LogP contribution in [-0.4, -0.2) is 138 Å². The standard InChI is InChI=1S/C52H79N5O12/c1-31-14-10-9-11-15-32(2)39(28-58)26-41-19-17-37(7)52(66,69-41)49(63)50(64)56-21-13-12-16-43(56)51(65)68-45(34(4)24-38-18-20-42(40(25-38)29-59)57-30-53-54-55-57)27-44(60)33(3)23-36(6)47(62)48(67-8)46(61)35(5)22-31/h9-11,14-15,23,30-31,34-43,45,47-48,58-59,62,66H,12-13,16-22,24-29H2,1-8H3/b11-9?,14-10?,32-15?,33-23+/t31-,34-,35-,36?,37-,38?,39-,40+,41+,42+,43+,45+,47-,48+,52-/m1/s1. The molecule has 2 saturated heterocycles. The van der Waals surface area contributed by atoms with Crippen LogP contribution < -0.4 is 0 Å². The molecule has 1 aromatic heterocycles. The first-order valence-electron chi connectivity index (χ1n) is 25.2. The van der Waals surface area contributed by atoms with Crippen molar-refractivity contribution in [2.24, 2.45) is 47.3 Å². The summed E-state index contributed by atoms with van der Waals surface area (Å²) < 4.78 is 19.7. The van der Waals surface area contributed by atoms with Gasteiger partial charge in [0.2, 0.25) is 5.79 Å². The Morgan fingerprint density at radius 2 is 1.68 bits per heavy atom. The van der Waals surface area contributed by atoms with E-state index in [9.17, 15) is 44.4 Å². The van der Waals surface area contributed by atoms with Crippen LogP contribution in [0, 0.1) is 47.3 Å². The fourth-order valence-corrected chi connectivity index (χ4v) is 10.9. The Balaban J connectivity index is 1.46. The van der Waals surface area contributed by atoms with Crippen LogP contribution in [0.1, 0.15) is 132 Å². The topological polar surface area (TPSA) is 241 Å². The zero-order valence-corrected chi connectivity index (χ0v) is 42.0. The van der Waals surface area contributed by atoms with Crippen LogP contribution in [-0.2, 0) is 38.2 Å². The summed E-state index contributed by atoms with van der Waals surface area (Å²) in [4.78, 5) is 72.1. The number of aliphatic hydroxyl groups is 4. The molecule has 17 nitrogen and oxygen atoms in total. The number of Topliss-reactive ketones (excluding diaryl/α,β-unsaturated/α-hetero) is 3. The second-order valence-corrected chi connectivity index (χ2v) is 20.7. The molecule has 3 fully saturated rings. The van der Waals surface area contributed by atoms with Gasteiger partial charge in [-0.2, -0.15) is 0 Å². The highest BCUT2D eigenvalue weighted by atomic mass is 16.6. The normalized spacial score (nSPS) is 37.1. The smallest absolute Gasteiger partial charge is 0.329 e. The molecule has 0 radical (unpaired) electrons. The number of esters is 1. The number of ether oxygens (including phenoxy) is 3. The van der Waals surface area contributed by atoms with E-state index < -0.39 is 71.7 Å². The Morgan fingerprint density at radius 1 is 0.928 bits per heavy atom. The van der Waals surface area contributed by atoms with Crippen LogP contribution in [0.3, 0.4) is 0 Å². The number of allylic oxidation sites excluding steroid dienone is 6. The van der Waals surface area contributed by atoms with E-state index >= 15 is 0 Å². The molecule has 0 aromatic carbocycles. The number of cyclic esters (lactones) is 1. The molecule has 2 bridgehead atoms. The third-order valence-corrected chi connectivity index (χ3v) is 15.5. The fourth-order valence-electron chi connectivity index (χ4n) is 10.9. The summed E-state index contributed by atoms with van der Waals surface area (Å²) in [5.41, 5.74) is 1.15. The number of carbonyl (C=O) groups is 5. The van der Waals surface area contributed by atoms with E-state index in [1.165, 1.54) is 12.0 Å². The first-order chi connectivity index (χ1) is 32.8. The van der Waals surface area contributed by atoms with Gasteiger partial charge in [0.1, 0.15) is 24.6 Å². The van der Waals surface area contributed by atoms with E-state index in [4.69, 9.17) is 14.2 Å². The van der Waals surface area contributed by atoms with Crippen molar-refractivity contribution >= 4 is 29.2 Å². The van der Waals surface area contributed by atoms with Crippen LogP contribution in [0.15, 0.2) is 53.9 Å². The molecule has 1 aliphatic carbocycles. The van der Waals surface area contributed by atoms with Gasteiger partial charge in [-0.25, -0.2) is 9.48 Å². The van der Waals surface area contributed by atoms with Crippen LogP contribution in [0.2, 0.25) is 0 Å². The Morgan fingerprint density at radius 3 is 2.36 bits per heavy atom. The summed E-state index contributed by atoms with van der Waals surface area (Å²) in [6.45, 7) is 12.3. The minimum Gasteiger partial charge on any atom is -0.460 e. The molecule has 0 spiro atoms. The Hall–Kier alpha value is -4.26. The molecule has 4 aliphatic rings. The lowest BCUT2D eigenvalue weighted by Crippen LogP contribution is -2.60. The summed E-state index contributed by atoms with van der Waals surface area (Å²) in [6, 6.07) is -1.26. The average molecular weight is 966 g/mol. The highest BCUT2D eigenvalue weighted by Gasteiger charge is 2.53. The molecular weight excluding hydrogens is 887 g/mol. The van der Waals surface area contributed by atoms with Crippen molar-refractivity contribution in [2.45, 2.75) is 168 Å². The lowest BCUT2D eigenvalue weighted by atomic mass is 9.74. The lowest BCUT2D eigenvalue weighted by Gasteiger charge is -2.43. The van der Waals surface area contributed by atoms with Gasteiger partial charge in [-0.05, 0) is 118 Å². The predicted octanol–water partition coefficient (Wildman–Crippen LogP) is 5.23. The number of piperidine rings is 1. The largest absolute Gasteiger partial charge is 0.460 e. The van der Waals surface area contributed by atoms with Crippen molar-refractivity contribution in [3.05, 3.63) is 53.9 Å². The first kappa shape index (κ1) is 55.7. The summed E-state index contributed by atoms with van der Waals surface area (Å²) in [5.74, 6) is -8.71. The Labute approximate surface area is 407 Å². The second-order valence-electron chi connectivity index (χ2n) is 20.7. The summed E-state index contributed by atoms with van der Waals surface area (Å²) in [6.07, 6.45) is 13.9. The number of tetrazole rings is 1. The quantitative estimate of drug-likeness (QED) is 0.202. The van der Waals surface area contributed by atoms with Gasteiger partial charge in [0.25, 0.3) is 11.7 Å². The van der Waals surface area contributed by atoms with Gasteiger partial charge < -0.3 is 39.5 Å². The molecule has 17 heteroatoms. The van der Waals surface area contributed by atoms with Crippen LogP contribution >= 0.6 is 0 Å². The maximum atomic E-state index is 14.5. The van der Waals surface area contributed by atoms with Crippen molar-refractivity contribution in [2.75, 3.05) is 26.9 Å². The van der Waals surface area contributed by atoms with Crippen molar-refractivity contribution in [1.29, 1.82) is 0 Å². The molecule has 3 aliphatic heterocycles. The number of nitrogens with zero attached hydrogens (tertiary/aromatic N) is 5. The van der Waals surface area contributed by atoms with E-state index in [2.05, 4.69) is 15.5 Å². The minimum atomic E-state index is -2.47. The van der Waals surface area contributed by atoms with E-state index in [0.717, 1.165) is 12.0 Å². The SMILES string of the molecule is CO[C@H]1C(=O)[C@H](C)C[C@H](C)C=CC=CC=C(C)[C@@H](CO)C[C@@H]2CC[C@@H](C)[C@@](O)(O2)C(=O)C(=O)N2CCCC[C@H]2C(=O)O[C@H]([C@H](C)CC2CC[C@H](n3cnnn3)[C@H](CO)C2)CC(=O)/C(C)=C/C(C)[C@H]1O. The van der Waals surface area contributed by atoms with Crippen LogP contribution in [0.25, 0.3) is 0 Å². The lowest BCUT2D eigenvalue weighted by molar-refractivity contribution is -0.265. The number of hydrogen-bond acceptors (Lipinski definition) is 15. The fraction of sp³-hybridized carbons (Fsp3) is 0.731. The molecule has 4 N–H and O–H groups in total. The van der Waals surface area contributed by atoms with Crippen molar-refractivity contribution in [1.82, 2.24) is 25.1 Å². The van der Waals surface area contributed by atoms with Crippen LogP contribution in [0.5, 0.6) is 0 Å². The van der Waals surface area contributed by atoms with E-state index in [1.807, 2.05) is 51.2 Å². The van der Waals surface area contributed by atoms with Crippen molar-refractivity contribution in [3.8, 4) is 0 Å². The van der Waals surface area contributed by atoms with Crippen molar-refractivity contribution in [3.63, 3.8) is 0 Å². The molecule has 1 aromatic rings. The summed E-state index contributed by atoms with van der Waals surface area (Å²) >= 11 is 0. The monoisotopic (exact) mass is 966 g/mol. The molecule has 4 heterocycles. The van der Waals surface area contributed by atoms with E-state index in [0.29, 0.717) is 56.9 Å². The molecule has 2 unspecified atom stereocenters. The number of amides is 1. The number of ketones is 3. The van der Waals surface area contributed by atoms with E-state index in [-0.39, 0.29) is 86.2 Å². The summed E-state index contributed by atoms with van der Waals surface area (Å²) in [5, 5.41) is 55.9. The molecule has 1 saturated carbocycles. The molecule has 15 atom stereocenters. The zero-order valence-electron chi connectivity index (χ0n) is 42.0. The molecule has 5 rings (SSSR count). The zero-order chi connectivity index (χ0) is 50.6. The maximum Gasteiger partial charge on any atom is 0.329 e. The molecule has 384 valence electrons. The summed E-state index contributed by atoms with van der Waals surface area (Å²) in [7, 11) is 1.38. The number of rotatable bonds is 7. The highest BCUT2D eigenvalue weighted by Crippen LogP contribution is 2.41. The molecule has 69 heavy (non-hydrogen) atoms. The number of aromatic nitrogens is 4. The van der Waals surface area contributed by atoms with E-state index in [1.54, 1.807) is 44.8 Å². The Kier molecular flexibility index (Phi) is 20.8. The third-order valence-electron chi connectivity index (χ3n) is 15.5. The van der Waals surface area contributed by atoms with Gasteiger partial charge in [0.15, 0.2) is 11.6 Å². The number of hydrogen-bond donors (Lipinski definition) is 4. The van der Waals surface area contributed by atoms with Gasteiger partial charge in [0.05, 0.1) is 18.2 Å². The minimum absolute atomic E-state index is 0.000530. The predicted molar refractivity (Wildman–Crippen MR) is 256 cm³/mol. The van der Waals surface area contributed by atoms with Gasteiger partial charge in [-0.15, -0.1) is 5.10 Å². The average Bonchev–Trinajstić information content (AvgIpc) is 3.88. The van der Waals surface area contributed by atoms with Gasteiger partial charge in [0, 0.05) is 62.9 Å². The second kappa shape index (κ2) is 25.7. The van der Waals surface area contributed by atoms with Crippen LogP contribution in [0.4, 0.5) is 0 Å². The number of aliphatic hydroxyl groups excluding tert-OH is 3. The van der Waals surface area contributed by atoms with Gasteiger partial charge in [-0.1, -0.05) is 76.6 Å². The van der Waals surface area contributed by atoms with Crippen molar-refractivity contribution < 1.29 is 58.6 Å². The maximum absolute atomic E-state index is 14.5. The number of methoxy groups -OCH3 is 1. The molecular formula is C52H79N5O12. The first-order valence-corrected chi connectivity index (χ1v) is 25.2. The van der Waals surface area contributed by atoms with Gasteiger partial charge >= 0.3 is 5.97 Å². The third kappa shape index (κ3) is 14.2. The molecule has 1 amide bonds. The number of fused-ring (bicyclic) bond motifs is 3.